The summed E-state index contributed by atoms with van der Waals surface area (Å²) in [6.45, 7) is 7.97. The van der Waals surface area contributed by atoms with Crippen LogP contribution in [0.15, 0.2) is 18.2 Å². The van der Waals surface area contributed by atoms with E-state index in [2.05, 4.69) is 5.32 Å². The molecule has 0 aliphatic rings. The van der Waals surface area contributed by atoms with E-state index in [1.54, 1.807) is 20.8 Å². The van der Waals surface area contributed by atoms with Crippen LogP contribution in [0.1, 0.15) is 45.0 Å². The predicted octanol–water partition coefficient (Wildman–Crippen LogP) is 3.06. The summed E-state index contributed by atoms with van der Waals surface area (Å²) in [7, 11) is 0. The second-order valence-electron chi connectivity index (χ2n) is 6.25. The fourth-order valence-electron chi connectivity index (χ4n) is 1.51. The first-order valence-electron chi connectivity index (χ1n) is 6.47. The molecule has 6 heteroatoms. The molecule has 0 aliphatic heterocycles. The highest BCUT2D eigenvalue weighted by atomic mass is 19.1. The van der Waals surface area contributed by atoms with E-state index in [9.17, 15) is 14.0 Å². The maximum atomic E-state index is 14.0. The Balaban J connectivity index is 2.96. The average molecular weight is 297 g/mol. The van der Waals surface area contributed by atoms with E-state index in [0.29, 0.717) is 0 Å². The van der Waals surface area contributed by atoms with Gasteiger partial charge in [0.2, 0.25) is 0 Å². The minimum atomic E-state index is -1.25. The largest absolute Gasteiger partial charge is 0.480 e. The molecular formula is C15H20FNO4. The summed E-state index contributed by atoms with van der Waals surface area (Å²) in [5.74, 6) is -2.60. The van der Waals surface area contributed by atoms with Gasteiger partial charge < -0.3 is 15.2 Å². The molecule has 0 aliphatic carbocycles. The van der Waals surface area contributed by atoms with Crippen LogP contribution in [0.3, 0.4) is 0 Å². The van der Waals surface area contributed by atoms with Crippen molar-refractivity contribution in [2.24, 2.45) is 0 Å². The van der Waals surface area contributed by atoms with Gasteiger partial charge in [-0.3, -0.25) is 0 Å². The van der Waals surface area contributed by atoms with Crippen LogP contribution in [0.2, 0.25) is 0 Å². The predicted molar refractivity (Wildman–Crippen MR) is 76.9 cm³/mol. The van der Waals surface area contributed by atoms with Gasteiger partial charge in [-0.1, -0.05) is 0 Å². The number of carbonyl (C=O) groups is 2. The van der Waals surface area contributed by atoms with Gasteiger partial charge in [-0.25, -0.2) is 14.0 Å². The number of esters is 1. The lowest BCUT2D eigenvalue weighted by Crippen LogP contribution is -2.40. The van der Waals surface area contributed by atoms with Crippen molar-refractivity contribution >= 4 is 17.6 Å². The van der Waals surface area contributed by atoms with Crippen molar-refractivity contribution in [2.75, 3.05) is 5.32 Å². The summed E-state index contributed by atoms with van der Waals surface area (Å²) >= 11 is 0. The van der Waals surface area contributed by atoms with Crippen LogP contribution >= 0.6 is 0 Å². The van der Waals surface area contributed by atoms with Crippen LogP contribution in [0.4, 0.5) is 10.1 Å². The van der Waals surface area contributed by atoms with Gasteiger partial charge in [0, 0.05) is 5.69 Å². The van der Waals surface area contributed by atoms with Crippen LogP contribution in [-0.4, -0.2) is 28.2 Å². The Hall–Kier alpha value is -2.11. The Labute approximate surface area is 123 Å². The maximum Gasteiger partial charge on any atom is 0.341 e. The summed E-state index contributed by atoms with van der Waals surface area (Å²) < 4.78 is 19.1. The molecule has 1 rings (SSSR count). The van der Waals surface area contributed by atoms with Crippen molar-refractivity contribution in [3.8, 4) is 0 Å². The van der Waals surface area contributed by atoms with Crippen molar-refractivity contribution < 1.29 is 23.8 Å². The number of ether oxygens (including phenoxy) is 1. The third-order valence-corrected chi connectivity index (χ3v) is 2.58. The Bertz CT molecular complexity index is 561. The zero-order valence-corrected chi connectivity index (χ0v) is 12.8. The molecule has 116 valence electrons. The van der Waals surface area contributed by atoms with Crippen molar-refractivity contribution in [1.82, 2.24) is 0 Å². The van der Waals surface area contributed by atoms with Crippen LogP contribution in [-0.2, 0) is 9.53 Å². The lowest BCUT2D eigenvalue weighted by Gasteiger charge is -2.23. The molecule has 0 atom stereocenters. The van der Waals surface area contributed by atoms with Gasteiger partial charge in [-0.2, -0.15) is 0 Å². The summed E-state index contributed by atoms with van der Waals surface area (Å²) in [4.78, 5) is 22.8. The van der Waals surface area contributed by atoms with Crippen molar-refractivity contribution in [3.05, 3.63) is 29.6 Å². The van der Waals surface area contributed by atoms with Gasteiger partial charge in [0.05, 0.1) is 5.56 Å². The van der Waals surface area contributed by atoms with E-state index in [-0.39, 0.29) is 11.3 Å². The second-order valence-corrected chi connectivity index (χ2v) is 6.25. The highest BCUT2D eigenvalue weighted by Gasteiger charge is 2.27. The molecule has 0 amide bonds. The molecule has 0 radical (unpaired) electrons. The zero-order valence-electron chi connectivity index (χ0n) is 12.8. The molecule has 0 unspecified atom stereocenters. The Kier molecular flexibility index (Phi) is 4.61. The fourth-order valence-corrected chi connectivity index (χ4v) is 1.51. The van der Waals surface area contributed by atoms with Gasteiger partial charge in [0.25, 0.3) is 0 Å². The van der Waals surface area contributed by atoms with Crippen molar-refractivity contribution in [3.63, 3.8) is 0 Å². The van der Waals surface area contributed by atoms with Gasteiger partial charge in [-0.05, 0) is 52.8 Å². The molecule has 5 nitrogen and oxygen atoms in total. The second kappa shape index (κ2) is 5.71. The molecule has 21 heavy (non-hydrogen) atoms. The first kappa shape index (κ1) is 16.9. The first-order valence-corrected chi connectivity index (χ1v) is 6.47. The zero-order chi connectivity index (χ0) is 16.4. The fraction of sp³-hybridized carbons (Fsp3) is 0.467. The van der Waals surface area contributed by atoms with Gasteiger partial charge in [-0.15, -0.1) is 0 Å². The molecule has 1 aromatic carbocycles. The van der Waals surface area contributed by atoms with E-state index >= 15 is 0 Å². The summed E-state index contributed by atoms with van der Waals surface area (Å²) in [5, 5.41) is 11.7. The highest BCUT2D eigenvalue weighted by Crippen LogP contribution is 2.21. The first-order chi connectivity index (χ1) is 9.42. The van der Waals surface area contributed by atoms with Gasteiger partial charge in [0.15, 0.2) is 0 Å². The van der Waals surface area contributed by atoms with E-state index < -0.39 is 28.9 Å². The van der Waals surface area contributed by atoms with Crippen LogP contribution in [0.5, 0.6) is 0 Å². The van der Waals surface area contributed by atoms with Crippen LogP contribution < -0.4 is 5.32 Å². The van der Waals surface area contributed by atoms with E-state index in [1.807, 2.05) is 0 Å². The quantitative estimate of drug-likeness (QED) is 0.835. The topological polar surface area (TPSA) is 75.6 Å². The number of aliphatic carboxylic acids is 1. The number of nitrogens with one attached hydrogen (secondary N) is 1. The van der Waals surface area contributed by atoms with Crippen LogP contribution in [0.25, 0.3) is 0 Å². The van der Waals surface area contributed by atoms with Gasteiger partial charge >= 0.3 is 11.9 Å². The Morgan fingerprint density at radius 1 is 1.19 bits per heavy atom. The monoisotopic (exact) mass is 297 g/mol. The van der Waals surface area contributed by atoms with Crippen LogP contribution in [0, 0.1) is 5.82 Å². The number of rotatable bonds is 4. The summed E-state index contributed by atoms with van der Waals surface area (Å²) in [6, 6.07) is 3.78. The molecule has 0 bridgehead atoms. The molecule has 0 fully saturated rings. The van der Waals surface area contributed by atoms with Crippen molar-refractivity contribution in [2.45, 2.75) is 45.8 Å². The molecule has 0 spiro atoms. The molecule has 1 aromatic rings. The normalized spacial score (nSPS) is 11.9. The number of hydrogen-bond acceptors (Lipinski definition) is 4. The third-order valence-electron chi connectivity index (χ3n) is 2.58. The summed E-state index contributed by atoms with van der Waals surface area (Å²) in [5.41, 5.74) is -1.89. The third kappa shape index (κ3) is 4.73. The smallest absolute Gasteiger partial charge is 0.341 e. The molecule has 0 saturated heterocycles. The number of carbonyl (C=O) groups excluding carboxylic acids is 1. The minimum Gasteiger partial charge on any atom is -0.480 e. The molecule has 0 saturated carbocycles. The lowest BCUT2D eigenvalue weighted by atomic mass is 10.1. The minimum absolute atomic E-state index is 0.191. The number of halogens is 1. The number of carboxylic acid groups (broad SMARTS) is 1. The Morgan fingerprint density at radius 2 is 1.76 bits per heavy atom. The van der Waals surface area contributed by atoms with E-state index in [1.165, 1.54) is 26.0 Å². The molecule has 2 N–H and O–H groups in total. The average Bonchev–Trinajstić information content (AvgIpc) is 2.25. The highest BCUT2D eigenvalue weighted by molar-refractivity contribution is 5.90. The molecule has 0 aromatic heterocycles. The lowest BCUT2D eigenvalue weighted by molar-refractivity contribution is -0.141. The molecular weight excluding hydrogens is 277 g/mol. The maximum absolute atomic E-state index is 14.0. The van der Waals surface area contributed by atoms with Crippen molar-refractivity contribution in [1.29, 1.82) is 0 Å². The number of anilines is 1. The standard InChI is InChI=1S/C15H20FNO4/c1-14(2,3)21-12(18)10-7-6-9(8-11(10)16)17-15(4,5)13(19)20/h6-8,17H,1-5H3,(H,19,20). The van der Waals surface area contributed by atoms with Gasteiger partial charge in [0.1, 0.15) is 17.0 Å². The van der Waals surface area contributed by atoms with E-state index in [0.717, 1.165) is 6.07 Å². The number of benzene rings is 1. The number of carboxylic acids is 1. The Morgan fingerprint density at radius 3 is 2.19 bits per heavy atom. The molecule has 0 heterocycles. The van der Waals surface area contributed by atoms with E-state index in [4.69, 9.17) is 9.84 Å². The number of hydrogen-bond donors (Lipinski definition) is 2. The SMILES string of the molecule is CC(C)(C)OC(=O)c1ccc(NC(C)(C)C(=O)O)cc1F. The summed E-state index contributed by atoms with van der Waals surface area (Å²) in [6.07, 6.45) is 0.